The zero-order valence-corrected chi connectivity index (χ0v) is 15.2. The summed E-state index contributed by atoms with van der Waals surface area (Å²) in [5.74, 6) is 0.501. The molecular weight excluding hydrogens is 318 g/mol. The zero-order chi connectivity index (χ0) is 18.4. The predicted molar refractivity (Wildman–Crippen MR) is 95.2 cm³/mol. The average molecular weight is 343 g/mol. The molecular formula is C19H25N3O3. The van der Waals surface area contributed by atoms with Crippen LogP contribution in [0.2, 0.25) is 0 Å². The van der Waals surface area contributed by atoms with Gasteiger partial charge in [-0.05, 0) is 44.9 Å². The summed E-state index contributed by atoms with van der Waals surface area (Å²) in [7, 11) is 0. The maximum Gasteiger partial charge on any atom is 0.251 e. The summed E-state index contributed by atoms with van der Waals surface area (Å²) in [6, 6.07) is 7.39. The highest BCUT2D eigenvalue weighted by Crippen LogP contribution is 2.13. The minimum absolute atomic E-state index is 0.0802. The van der Waals surface area contributed by atoms with Gasteiger partial charge in [0.2, 0.25) is 5.91 Å². The highest BCUT2D eigenvalue weighted by molar-refractivity contribution is 5.94. The van der Waals surface area contributed by atoms with E-state index in [4.69, 9.17) is 4.52 Å². The molecule has 0 unspecified atom stereocenters. The molecule has 25 heavy (non-hydrogen) atoms. The van der Waals surface area contributed by atoms with Gasteiger partial charge in [0.1, 0.15) is 5.76 Å². The summed E-state index contributed by atoms with van der Waals surface area (Å²) in [6.07, 6.45) is 1.14. The Bertz CT molecular complexity index is 715. The van der Waals surface area contributed by atoms with Gasteiger partial charge in [-0.1, -0.05) is 24.2 Å². The minimum Gasteiger partial charge on any atom is -0.361 e. The van der Waals surface area contributed by atoms with Crippen LogP contribution < -0.4 is 10.6 Å². The first-order chi connectivity index (χ1) is 11.9. The number of rotatable bonds is 7. The number of aromatic nitrogens is 1. The first-order valence-corrected chi connectivity index (χ1v) is 8.49. The van der Waals surface area contributed by atoms with Gasteiger partial charge in [-0.2, -0.15) is 0 Å². The number of benzene rings is 1. The lowest BCUT2D eigenvalue weighted by Crippen LogP contribution is -2.31. The van der Waals surface area contributed by atoms with Crippen molar-refractivity contribution in [3.8, 4) is 0 Å². The SMILES string of the molecule is CC[C@@H](C)NC(=O)c1ccc(CNC(=O)Cc2c(C)noc2C)cc1. The van der Waals surface area contributed by atoms with Gasteiger partial charge in [0.15, 0.2) is 0 Å². The van der Waals surface area contributed by atoms with Crippen molar-refractivity contribution < 1.29 is 14.1 Å². The molecule has 2 amide bonds. The molecule has 134 valence electrons. The molecule has 6 heteroatoms. The second kappa shape index (κ2) is 8.46. The summed E-state index contributed by atoms with van der Waals surface area (Å²) >= 11 is 0. The molecule has 0 radical (unpaired) electrons. The van der Waals surface area contributed by atoms with Crippen LogP contribution >= 0.6 is 0 Å². The van der Waals surface area contributed by atoms with Gasteiger partial charge in [0, 0.05) is 23.7 Å². The van der Waals surface area contributed by atoms with Crippen molar-refractivity contribution >= 4 is 11.8 Å². The van der Waals surface area contributed by atoms with Gasteiger partial charge in [-0.15, -0.1) is 0 Å². The largest absolute Gasteiger partial charge is 0.361 e. The Balaban J connectivity index is 1.87. The van der Waals surface area contributed by atoms with E-state index in [0.29, 0.717) is 17.9 Å². The lowest BCUT2D eigenvalue weighted by molar-refractivity contribution is -0.120. The number of aryl methyl sites for hydroxylation is 2. The van der Waals surface area contributed by atoms with E-state index in [1.54, 1.807) is 19.1 Å². The van der Waals surface area contributed by atoms with Crippen molar-refractivity contribution in [2.24, 2.45) is 0 Å². The minimum atomic E-state index is -0.0898. The molecule has 0 spiro atoms. The van der Waals surface area contributed by atoms with Crippen LogP contribution in [0, 0.1) is 13.8 Å². The van der Waals surface area contributed by atoms with E-state index in [2.05, 4.69) is 15.8 Å². The van der Waals surface area contributed by atoms with E-state index < -0.39 is 0 Å². The summed E-state index contributed by atoms with van der Waals surface area (Å²) < 4.78 is 5.06. The Kier molecular flexibility index (Phi) is 6.33. The van der Waals surface area contributed by atoms with Crippen molar-refractivity contribution in [1.82, 2.24) is 15.8 Å². The Labute approximate surface area is 148 Å². The second-order valence-corrected chi connectivity index (χ2v) is 6.24. The number of hydrogen-bond acceptors (Lipinski definition) is 4. The molecule has 1 atom stereocenters. The van der Waals surface area contributed by atoms with Gasteiger partial charge >= 0.3 is 0 Å². The molecule has 1 aromatic carbocycles. The van der Waals surface area contributed by atoms with E-state index >= 15 is 0 Å². The molecule has 0 aliphatic carbocycles. The molecule has 0 aliphatic rings. The fraction of sp³-hybridized carbons (Fsp3) is 0.421. The molecule has 2 aromatic rings. The van der Waals surface area contributed by atoms with E-state index in [0.717, 1.165) is 23.2 Å². The van der Waals surface area contributed by atoms with E-state index in [1.807, 2.05) is 32.9 Å². The van der Waals surface area contributed by atoms with Gasteiger partial charge in [-0.3, -0.25) is 9.59 Å². The summed E-state index contributed by atoms with van der Waals surface area (Å²) in [4.78, 5) is 24.1. The number of amides is 2. The summed E-state index contributed by atoms with van der Waals surface area (Å²) in [6.45, 7) is 8.03. The topological polar surface area (TPSA) is 84.2 Å². The van der Waals surface area contributed by atoms with Gasteiger partial charge in [0.05, 0.1) is 12.1 Å². The zero-order valence-electron chi connectivity index (χ0n) is 15.2. The third-order valence-electron chi connectivity index (χ3n) is 4.21. The van der Waals surface area contributed by atoms with Crippen molar-refractivity contribution in [2.75, 3.05) is 0 Å². The molecule has 1 aromatic heterocycles. The quantitative estimate of drug-likeness (QED) is 0.809. The number of nitrogens with zero attached hydrogens (tertiary/aromatic N) is 1. The normalized spacial score (nSPS) is 11.8. The van der Waals surface area contributed by atoms with Crippen molar-refractivity contribution in [3.05, 3.63) is 52.4 Å². The molecule has 0 fully saturated rings. The fourth-order valence-electron chi connectivity index (χ4n) is 2.36. The van der Waals surface area contributed by atoms with Crippen LogP contribution in [-0.4, -0.2) is 23.0 Å². The van der Waals surface area contributed by atoms with Crippen molar-refractivity contribution in [3.63, 3.8) is 0 Å². The lowest BCUT2D eigenvalue weighted by atomic mass is 10.1. The van der Waals surface area contributed by atoms with Crippen LogP contribution in [0.5, 0.6) is 0 Å². The second-order valence-electron chi connectivity index (χ2n) is 6.24. The first-order valence-electron chi connectivity index (χ1n) is 8.49. The monoisotopic (exact) mass is 343 g/mol. The fourth-order valence-corrected chi connectivity index (χ4v) is 2.36. The van der Waals surface area contributed by atoms with Crippen LogP contribution in [0.1, 0.15) is 53.2 Å². The number of carbonyl (C=O) groups is 2. The third kappa shape index (κ3) is 5.17. The number of carbonyl (C=O) groups excluding carboxylic acids is 2. The summed E-state index contributed by atoms with van der Waals surface area (Å²) in [5.41, 5.74) is 3.12. The Morgan fingerprint density at radius 1 is 1.20 bits per heavy atom. The first kappa shape index (κ1) is 18.7. The highest BCUT2D eigenvalue weighted by Gasteiger charge is 2.13. The highest BCUT2D eigenvalue weighted by atomic mass is 16.5. The lowest BCUT2D eigenvalue weighted by Gasteiger charge is -2.11. The number of hydrogen-bond donors (Lipinski definition) is 2. The van der Waals surface area contributed by atoms with E-state index in [1.165, 1.54) is 0 Å². The predicted octanol–water partition coefficient (Wildman–Crippen LogP) is 2.68. The van der Waals surface area contributed by atoms with Crippen molar-refractivity contribution in [1.29, 1.82) is 0 Å². The van der Waals surface area contributed by atoms with Crippen LogP contribution in [0.25, 0.3) is 0 Å². The van der Waals surface area contributed by atoms with Crippen LogP contribution in [0.3, 0.4) is 0 Å². The van der Waals surface area contributed by atoms with E-state index in [9.17, 15) is 9.59 Å². The Morgan fingerprint density at radius 2 is 1.88 bits per heavy atom. The van der Waals surface area contributed by atoms with Gasteiger partial charge in [-0.25, -0.2) is 0 Å². The van der Waals surface area contributed by atoms with Crippen LogP contribution in [-0.2, 0) is 17.8 Å². The molecule has 0 aliphatic heterocycles. The molecule has 2 N–H and O–H groups in total. The third-order valence-corrected chi connectivity index (χ3v) is 4.21. The molecule has 1 heterocycles. The maximum absolute atomic E-state index is 12.1. The molecule has 2 rings (SSSR count). The van der Waals surface area contributed by atoms with Gasteiger partial charge < -0.3 is 15.2 Å². The van der Waals surface area contributed by atoms with Crippen LogP contribution in [0.4, 0.5) is 0 Å². The Hall–Kier alpha value is -2.63. The average Bonchev–Trinajstić information content (AvgIpc) is 2.92. The molecule has 0 saturated heterocycles. The standard InChI is InChI=1S/C19H25N3O3/c1-5-12(2)21-19(24)16-8-6-15(7-9-16)11-20-18(23)10-17-13(3)22-25-14(17)4/h6-9,12H,5,10-11H2,1-4H3,(H,20,23)(H,21,24)/t12-/m1/s1. The molecule has 0 bridgehead atoms. The van der Waals surface area contributed by atoms with Gasteiger partial charge in [0.25, 0.3) is 5.91 Å². The smallest absolute Gasteiger partial charge is 0.251 e. The van der Waals surface area contributed by atoms with Crippen molar-refractivity contribution in [2.45, 2.75) is 53.1 Å². The van der Waals surface area contributed by atoms with Crippen LogP contribution in [0.15, 0.2) is 28.8 Å². The molecule has 6 nitrogen and oxygen atoms in total. The number of nitrogens with one attached hydrogen (secondary N) is 2. The maximum atomic E-state index is 12.1. The van der Waals surface area contributed by atoms with E-state index in [-0.39, 0.29) is 24.3 Å². The summed E-state index contributed by atoms with van der Waals surface area (Å²) in [5, 5.41) is 9.65. The molecule has 0 saturated carbocycles. The Morgan fingerprint density at radius 3 is 2.44 bits per heavy atom.